The molecule has 0 unspecified atom stereocenters. The van der Waals surface area contributed by atoms with E-state index in [1.807, 2.05) is 91.1 Å². The second kappa shape index (κ2) is 13.3. The van der Waals surface area contributed by atoms with Crippen LogP contribution in [0.2, 0.25) is 10.0 Å². The van der Waals surface area contributed by atoms with Gasteiger partial charge in [0.1, 0.15) is 24.0 Å². The summed E-state index contributed by atoms with van der Waals surface area (Å²) in [5.41, 5.74) is 4.72. The normalized spacial score (nSPS) is 14.1. The number of ether oxygens (including phenoxy) is 1. The van der Waals surface area contributed by atoms with Gasteiger partial charge in [0.15, 0.2) is 0 Å². The minimum atomic E-state index is -0.658. The van der Waals surface area contributed by atoms with Crippen LogP contribution in [-0.4, -0.2) is 26.5 Å². The van der Waals surface area contributed by atoms with Crippen molar-refractivity contribution in [2.45, 2.75) is 20.1 Å². The molecule has 226 valence electrons. The zero-order valence-electron chi connectivity index (χ0n) is 24.7. The summed E-state index contributed by atoms with van der Waals surface area (Å²) in [4.78, 5) is 28.2. The predicted octanol–water partition coefficient (Wildman–Crippen LogP) is 8.22. The maximum Gasteiger partial charge on any atom is 0.271 e. The number of nitrogens with zero attached hydrogens (tertiary/aromatic N) is 4. The molecule has 2 amide bonds. The average Bonchev–Trinajstić information content (AvgIpc) is 3.50. The maximum absolute atomic E-state index is 13.9. The first-order valence-electron chi connectivity index (χ1n) is 14.4. The molecule has 0 saturated heterocycles. The topological polar surface area (TPSA) is 88.2 Å². The number of hydrogen-bond acceptors (Lipinski definition) is 5. The van der Waals surface area contributed by atoms with Gasteiger partial charge in [-0.25, -0.2) is 4.68 Å². The van der Waals surface area contributed by atoms with Crippen molar-refractivity contribution in [1.29, 1.82) is 5.26 Å². The third kappa shape index (κ3) is 6.22. The molecule has 1 aliphatic heterocycles. The van der Waals surface area contributed by atoms with E-state index in [1.54, 1.807) is 41.9 Å². The zero-order chi connectivity index (χ0) is 32.2. The van der Waals surface area contributed by atoms with Crippen LogP contribution in [0.5, 0.6) is 5.75 Å². The van der Waals surface area contributed by atoms with E-state index in [1.165, 1.54) is 0 Å². The third-order valence-corrected chi connectivity index (χ3v) is 8.39. The fourth-order valence-corrected chi connectivity index (χ4v) is 5.53. The number of halogens is 2. The van der Waals surface area contributed by atoms with E-state index in [-0.39, 0.29) is 17.7 Å². The first-order chi connectivity index (χ1) is 22.3. The Hall–Kier alpha value is -5.42. The molecule has 1 aliphatic rings. The number of rotatable bonds is 8. The van der Waals surface area contributed by atoms with Crippen molar-refractivity contribution in [1.82, 2.24) is 14.7 Å². The van der Waals surface area contributed by atoms with Gasteiger partial charge in [0.25, 0.3) is 11.8 Å². The van der Waals surface area contributed by atoms with Crippen molar-refractivity contribution in [2.75, 3.05) is 0 Å². The Morgan fingerprint density at radius 2 is 1.46 bits per heavy atom. The number of benzene rings is 4. The Labute approximate surface area is 276 Å². The van der Waals surface area contributed by atoms with E-state index in [4.69, 9.17) is 33.0 Å². The van der Waals surface area contributed by atoms with E-state index in [2.05, 4.69) is 0 Å². The molecule has 0 spiro atoms. The monoisotopic (exact) mass is 644 g/mol. The molecule has 0 radical (unpaired) electrons. The van der Waals surface area contributed by atoms with Crippen LogP contribution in [0.25, 0.3) is 23.0 Å². The second-order valence-electron chi connectivity index (χ2n) is 10.6. The van der Waals surface area contributed by atoms with Gasteiger partial charge in [0.2, 0.25) is 0 Å². The number of carbonyl (C=O) groups excluding carboxylic acids is 2. The molecule has 0 saturated carbocycles. The minimum absolute atomic E-state index is 0.0705. The molecular formula is C37H26Cl2N4O3. The fourth-order valence-electron chi connectivity index (χ4n) is 5.14. The number of para-hydroxylation sites is 1. The van der Waals surface area contributed by atoms with Crippen LogP contribution in [0, 0.1) is 11.3 Å². The summed E-state index contributed by atoms with van der Waals surface area (Å²) < 4.78 is 7.70. The number of carbonyl (C=O) groups is 2. The second-order valence-corrected chi connectivity index (χ2v) is 11.4. The fraction of sp³-hybridized carbons (Fsp3) is 0.0811. The molecule has 5 aromatic rings. The lowest BCUT2D eigenvalue weighted by molar-refractivity contribution is -0.141. The molecular weight excluding hydrogens is 619 g/mol. The first kappa shape index (κ1) is 30.6. The van der Waals surface area contributed by atoms with Crippen LogP contribution in [0.4, 0.5) is 0 Å². The quantitative estimate of drug-likeness (QED) is 0.125. The van der Waals surface area contributed by atoms with Gasteiger partial charge in [-0.1, -0.05) is 77.8 Å². The molecule has 0 bridgehead atoms. The van der Waals surface area contributed by atoms with Crippen LogP contribution in [0.3, 0.4) is 0 Å². The van der Waals surface area contributed by atoms with Gasteiger partial charge in [0.05, 0.1) is 17.9 Å². The van der Waals surface area contributed by atoms with E-state index in [9.17, 15) is 14.9 Å². The largest absolute Gasteiger partial charge is 0.489 e. The molecule has 0 fully saturated rings. The van der Waals surface area contributed by atoms with Crippen molar-refractivity contribution in [3.05, 3.63) is 153 Å². The van der Waals surface area contributed by atoms with Crippen molar-refractivity contribution in [3.8, 4) is 28.8 Å². The SMILES string of the molecule is CC1=C(C#N)C(=O)N(Cc2ccccc2Cl)C(=O)/C1=C/c1cn(-c2ccccc2)nc1-c1ccc(OCc2ccccc2Cl)cc1. The van der Waals surface area contributed by atoms with Crippen molar-refractivity contribution >= 4 is 41.1 Å². The molecule has 0 atom stereocenters. The van der Waals surface area contributed by atoms with Crippen molar-refractivity contribution < 1.29 is 14.3 Å². The molecule has 0 aliphatic carbocycles. The summed E-state index contributed by atoms with van der Waals surface area (Å²) in [6.45, 7) is 1.86. The van der Waals surface area contributed by atoms with Gasteiger partial charge in [-0.05, 0) is 72.7 Å². The standard InChI is InChI=1S/C37H26Cl2N4O3/c1-24-31(36(44)42(37(45)32(24)20-40)21-26-9-5-7-13-33(26)38)19-28-22-43(29-11-3-2-4-12-29)41-35(28)25-15-17-30(18-16-25)46-23-27-10-6-8-14-34(27)39/h2-19,22H,21,23H2,1H3/b31-19+. The number of imide groups is 1. The molecule has 0 N–H and O–H groups in total. The Kier molecular flexibility index (Phi) is 8.84. The van der Waals surface area contributed by atoms with Gasteiger partial charge in [0, 0.05) is 38.5 Å². The molecule has 6 rings (SSSR count). The summed E-state index contributed by atoms with van der Waals surface area (Å²) in [6, 6.07) is 33.6. The first-order valence-corrected chi connectivity index (χ1v) is 15.1. The summed E-state index contributed by atoms with van der Waals surface area (Å²) in [7, 11) is 0. The molecule has 2 heterocycles. The van der Waals surface area contributed by atoms with Crippen molar-refractivity contribution in [3.63, 3.8) is 0 Å². The van der Waals surface area contributed by atoms with Crippen molar-refractivity contribution in [2.24, 2.45) is 0 Å². The molecule has 7 nitrogen and oxygen atoms in total. The number of hydrogen-bond donors (Lipinski definition) is 0. The highest BCUT2D eigenvalue weighted by Crippen LogP contribution is 2.33. The molecule has 46 heavy (non-hydrogen) atoms. The van der Waals surface area contributed by atoms with Crippen LogP contribution < -0.4 is 4.74 Å². The number of aromatic nitrogens is 2. The van der Waals surface area contributed by atoms with E-state index in [0.29, 0.717) is 44.8 Å². The Balaban J connectivity index is 1.39. The summed E-state index contributed by atoms with van der Waals surface area (Å²) in [5, 5.41) is 15.9. The van der Waals surface area contributed by atoms with E-state index >= 15 is 0 Å². The van der Waals surface area contributed by atoms with Gasteiger partial charge in [-0.15, -0.1) is 0 Å². The van der Waals surface area contributed by atoms with Crippen LogP contribution >= 0.6 is 23.2 Å². The zero-order valence-corrected chi connectivity index (χ0v) is 26.2. The van der Waals surface area contributed by atoms with Gasteiger partial charge in [-0.3, -0.25) is 14.5 Å². The average molecular weight is 646 g/mol. The smallest absolute Gasteiger partial charge is 0.271 e. The Morgan fingerprint density at radius 1 is 0.826 bits per heavy atom. The number of nitriles is 1. The van der Waals surface area contributed by atoms with E-state index in [0.717, 1.165) is 21.7 Å². The molecule has 9 heteroatoms. The lowest BCUT2D eigenvalue weighted by atomic mass is 9.93. The minimum Gasteiger partial charge on any atom is -0.489 e. The van der Waals surface area contributed by atoms with Gasteiger partial charge in [-0.2, -0.15) is 10.4 Å². The Morgan fingerprint density at radius 3 is 2.11 bits per heavy atom. The Bertz CT molecular complexity index is 2060. The summed E-state index contributed by atoms with van der Waals surface area (Å²) in [5.74, 6) is -0.530. The van der Waals surface area contributed by atoms with Gasteiger partial charge < -0.3 is 4.74 Å². The lowest BCUT2D eigenvalue weighted by Crippen LogP contribution is -2.42. The van der Waals surface area contributed by atoms with Crippen LogP contribution in [0.15, 0.2) is 126 Å². The highest BCUT2D eigenvalue weighted by Gasteiger charge is 2.36. The maximum atomic E-state index is 13.9. The predicted molar refractivity (Wildman–Crippen MR) is 178 cm³/mol. The molecule has 4 aromatic carbocycles. The number of amides is 2. The molecule has 1 aromatic heterocycles. The lowest BCUT2D eigenvalue weighted by Gasteiger charge is -2.27. The highest BCUT2D eigenvalue weighted by molar-refractivity contribution is 6.31. The van der Waals surface area contributed by atoms with Crippen LogP contribution in [-0.2, 0) is 22.7 Å². The summed E-state index contributed by atoms with van der Waals surface area (Å²) in [6.07, 6.45) is 3.51. The van der Waals surface area contributed by atoms with E-state index < -0.39 is 11.8 Å². The van der Waals surface area contributed by atoms with Crippen LogP contribution in [0.1, 0.15) is 23.6 Å². The summed E-state index contributed by atoms with van der Waals surface area (Å²) >= 11 is 12.6. The van der Waals surface area contributed by atoms with Gasteiger partial charge >= 0.3 is 0 Å². The third-order valence-electron chi connectivity index (χ3n) is 7.65. The highest BCUT2D eigenvalue weighted by atomic mass is 35.5.